The number of carbonyl (C=O) groups is 2. The third-order valence-corrected chi connectivity index (χ3v) is 10.2. The van der Waals surface area contributed by atoms with Crippen LogP contribution in [0.15, 0.2) is 35.9 Å². The average Bonchev–Trinajstić information content (AvgIpc) is 3.33. The van der Waals surface area contributed by atoms with Crippen LogP contribution in [-0.2, 0) is 15.1 Å². The van der Waals surface area contributed by atoms with Crippen LogP contribution in [-0.4, -0.2) is 26.7 Å². The minimum Gasteiger partial charge on any atom is -0.368 e. The van der Waals surface area contributed by atoms with Gasteiger partial charge in [0.25, 0.3) is 0 Å². The molecule has 0 bridgehead atoms. The summed E-state index contributed by atoms with van der Waals surface area (Å²) in [4.78, 5) is 25.4. The number of hydrogen-bond donors (Lipinski definition) is 1. The second kappa shape index (κ2) is 6.52. The average molecular weight is 433 g/mol. The highest BCUT2D eigenvalue weighted by molar-refractivity contribution is 5.91. The van der Waals surface area contributed by atoms with E-state index in [2.05, 4.69) is 24.2 Å². The van der Waals surface area contributed by atoms with E-state index >= 15 is 0 Å². The molecule has 0 spiro atoms. The van der Waals surface area contributed by atoms with Crippen LogP contribution in [0.3, 0.4) is 0 Å². The van der Waals surface area contributed by atoms with Crippen molar-refractivity contribution in [2.45, 2.75) is 70.8 Å². The summed E-state index contributed by atoms with van der Waals surface area (Å²) < 4.78 is 1.88. The Labute approximate surface area is 188 Å². The quantitative estimate of drug-likeness (QED) is 0.772. The molecule has 1 aromatic heterocycles. The van der Waals surface area contributed by atoms with E-state index in [1.165, 1.54) is 5.57 Å². The van der Waals surface area contributed by atoms with Gasteiger partial charge in [-0.25, -0.2) is 4.68 Å². The predicted molar refractivity (Wildman–Crippen MR) is 121 cm³/mol. The number of benzene rings is 1. The molecule has 1 unspecified atom stereocenters. The van der Waals surface area contributed by atoms with Gasteiger partial charge >= 0.3 is 0 Å². The molecule has 3 saturated carbocycles. The van der Waals surface area contributed by atoms with Crippen molar-refractivity contribution in [1.29, 1.82) is 0 Å². The number of nitrogens with zero attached hydrogens (tertiary/aromatic N) is 3. The normalized spacial score (nSPS) is 41.0. The van der Waals surface area contributed by atoms with Crippen LogP contribution in [0, 0.1) is 28.6 Å². The smallest absolute Gasteiger partial charge is 0.246 e. The van der Waals surface area contributed by atoms with Gasteiger partial charge in [-0.3, -0.25) is 9.59 Å². The van der Waals surface area contributed by atoms with E-state index in [1.54, 1.807) is 0 Å². The Morgan fingerprint density at radius 2 is 1.84 bits per heavy atom. The van der Waals surface area contributed by atoms with Crippen molar-refractivity contribution in [3.8, 4) is 0 Å². The van der Waals surface area contributed by atoms with Crippen LogP contribution in [0.4, 0.5) is 0 Å². The first-order valence-corrected chi connectivity index (χ1v) is 12.2. The Kier molecular flexibility index (Phi) is 4.10. The van der Waals surface area contributed by atoms with Crippen molar-refractivity contribution in [2.24, 2.45) is 34.3 Å². The van der Waals surface area contributed by atoms with Crippen molar-refractivity contribution in [3.63, 3.8) is 0 Å². The van der Waals surface area contributed by atoms with Gasteiger partial charge in [-0.1, -0.05) is 36.8 Å². The Hall–Kier alpha value is -2.50. The largest absolute Gasteiger partial charge is 0.368 e. The molecule has 2 N–H and O–H groups in total. The lowest BCUT2D eigenvalue weighted by Crippen LogP contribution is -2.60. The molecule has 32 heavy (non-hydrogen) atoms. The second-order valence-corrected chi connectivity index (χ2v) is 11.2. The Morgan fingerprint density at radius 1 is 1.06 bits per heavy atom. The van der Waals surface area contributed by atoms with Crippen molar-refractivity contribution in [2.75, 3.05) is 0 Å². The molecular weight excluding hydrogens is 400 g/mol. The first-order valence-electron chi connectivity index (χ1n) is 12.2. The van der Waals surface area contributed by atoms with Gasteiger partial charge in [0.1, 0.15) is 11.1 Å². The number of nitrogens with two attached hydrogens (primary N) is 1. The Bertz CT molecular complexity index is 1170. The second-order valence-electron chi connectivity index (χ2n) is 11.2. The van der Waals surface area contributed by atoms with E-state index < -0.39 is 5.54 Å². The number of amides is 1. The number of hydrogen-bond acceptors (Lipinski definition) is 4. The third-order valence-electron chi connectivity index (χ3n) is 10.2. The fourth-order valence-electron chi connectivity index (χ4n) is 8.58. The number of rotatable bonds is 2. The van der Waals surface area contributed by atoms with Crippen molar-refractivity contribution < 1.29 is 9.59 Å². The topological polar surface area (TPSA) is 90.9 Å². The SMILES string of the molecule is C[C@]12CCC(=O)C=C1CC[C@@H]1[C@H]2CC[C@@]2(C)[C@H]1CCC2(C(N)=O)n1nnc2ccccc21. The van der Waals surface area contributed by atoms with Crippen molar-refractivity contribution in [3.05, 3.63) is 35.9 Å². The summed E-state index contributed by atoms with van der Waals surface area (Å²) in [5, 5.41) is 8.90. The molecule has 3 fully saturated rings. The standard InChI is InChI=1S/C26H32N4O2/c1-24-12-9-17(31)15-16(24)7-8-18-19(24)10-13-25(2)20(18)11-14-26(25,23(27)32)30-22-6-4-3-5-21(22)28-29-30/h3-6,15,18-20H,7-14H2,1-2H3,(H2,27,32)/t18-,19-,20+,24+,25+,26?/m1/s1. The lowest BCUT2D eigenvalue weighted by molar-refractivity contribution is -0.140. The van der Waals surface area contributed by atoms with Crippen molar-refractivity contribution in [1.82, 2.24) is 15.0 Å². The molecule has 6 nitrogen and oxygen atoms in total. The summed E-state index contributed by atoms with van der Waals surface area (Å²) in [5.74, 6) is 1.57. The summed E-state index contributed by atoms with van der Waals surface area (Å²) in [6, 6.07) is 7.87. The minimum atomic E-state index is -0.849. The first-order chi connectivity index (χ1) is 15.3. The third kappa shape index (κ3) is 2.31. The highest BCUT2D eigenvalue weighted by Gasteiger charge is 2.68. The number of aromatic nitrogens is 3. The maximum absolute atomic E-state index is 13.3. The summed E-state index contributed by atoms with van der Waals surface area (Å²) in [6.07, 6.45) is 9.43. The predicted octanol–water partition coefficient (Wildman–Crippen LogP) is 4.14. The highest BCUT2D eigenvalue weighted by atomic mass is 16.2. The van der Waals surface area contributed by atoms with Crippen molar-refractivity contribution >= 4 is 22.7 Å². The number of para-hydroxylation sites is 1. The molecule has 1 aromatic carbocycles. The zero-order valence-corrected chi connectivity index (χ0v) is 19.0. The molecule has 0 aliphatic heterocycles. The Balaban J connectivity index is 1.45. The van der Waals surface area contributed by atoms with E-state index in [0.29, 0.717) is 30.0 Å². The minimum absolute atomic E-state index is 0.121. The molecule has 4 aliphatic rings. The van der Waals surface area contributed by atoms with E-state index in [0.717, 1.165) is 56.0 Å². The van der Waals surface area contributed by atoms with Gasteiger partial charge in [-0.15, -0.1) is 5.10 Å². The molecular formula is C26H32N4O2. The molecule has 0 radical (unpaired) electrons. The van der Waals surface area contributed by atoms with E-state index in [-0.39, 0.29) is 16.7 Å². The first kappa shape index (κ1) is 20.1. The molecule has 1 heterocycles. The van der Waals surface area contributed by atoms with Crippen LogP contribution < -0.4 is 5.73 Å². The molecule has 168 valence electrons. The summed E-state index contributed by atoms with van der Waals surface area (Å²) in [7, 11) is 0. The van der Waals surface area contributed by atoms with Gasteiger partial charge in [0.15, 0.2) is 5.78 Å². The lowest BCUT2D eigenvalue weighted by Gasteiger charge is -2.59. The van der Waals surface area contributed by atoms with E-state index in [9.17, 15) is 9.59 Å². The summed E-state index contributed by atoms with van der Waals surface area (Å²) >= 11 is 0. The zero-order valence-electron chi connectivity index (χ0n) is 19.0. The van der Waals surface area contributed by atoms with Gasteiger partial charge in [0.05, 0.1) is 5.52 Å². The van der Waals surface area contributed by atoms with Gasteiger partial charge in [0.2, 0.25) is 5.91 Å². The van der Waals surface area contributed by atoms with Crippen LogP contribution in [0.25, 0.3) is 11.0 Å². The summed E-state index contributed by atoms with van der Waals surface area (Å²) in [5.41, 5.74) is 8.34. The molecule has 4 aliphatic carbocycles. The maximum Gasteiger partial charge on any atom is 0.246 e. The fourth-order valence-corrected chi connectivity index (χ4v) is 8.58. The Morgan fingerprint density at radius 3 is 2.66 bits per heavy atom. The maximum atomic E-state index is 13.3. The number of ketones is 1. The molecule has 6 rings (SSSR count). The number of allylic oxidation sites excluding steroid dienone is 1. The van der Waals surface area contributed by atoms with Gasteiger partial charge in [-0.05, 0) is 86.3 Å². The summed E-state index contributed by atoms with van der Waals surface area (Å²) in [6.45, 7) is 4.69. The number of primary amides is 1. The molecule has 1 amide bonds. The van der Waals surface area contributed by atoms with Crippen LogP contribution in [0.5, 0.6) is 0 Å². The van der Waals surface area contributed by atoms with Gasteiger partial charge < -0.3 is 5.73 Å². The van der Waals surface area contributed by atoms with E-state index in [4.69, 9.17) is 5.73 Å². The zero-order chi connectivity index (χ0) is 22.3. The monoisotopic (exact) mass is 432 g/mol. The number of fused-ring (bicyclic) bond motifs is 6. The fraction of sp³-hybridized carbons (Fsp3) is 0.615. The molecule has 6 heteroatoms. The molecule has 0 saturated heterocycles. The molecule has 6 atom stereocenters. The van der Waals surface area contributed by atoms with E-state index in [1.807, 2.05) is 35.0 Å². The van der Waals surface area contributed by atoms with Crippen LogP contribution >= 0.6 is 0 Å². The van der Waals surface area contributed by atoms with Crippen LogP contribution in [0.1, 0.15) is 65.2 Å². The lowest BCUT2D eigenvalue weighted by atomic mass is 9.46. The van der Waals surface area contributed by atoms with Gasteiger partial charge in [0, 0.05) is 11.8 Å². The van der Waals surface area contributed by atoms with Crippen LogP contribution in [0.2, 0.25) is 0 Å². The van der Waals surface area contributed by atoms with Gasteiger partial charge in [-0.2, -0.15) is 0 Å². The molecule has 2 aromatic rings. The number of carbonyl (C=O) groups excluding carboxylic acids is 2. The highest BCUT2D eigenvalue weighted by Crippen LogP contribution is 2.69.